The van der Waals surface area contributed by atoms with Gasteiger partial charge < -0.3 is 15.3 Å². The number of oxime groups is 1. The van der Waals surface area contributed by atoms with Gasteiger partial charge in [0.05, 0.1) is 4.92 Å². The molecule has 0 aliphatic rings. The van der Waals surface area contributed by atoms with Crippen molar-refractivity contribution in [1.82, 2.24) is 0 Å². The summed E-state index contributed by atoms with van der Waals surface area (Å²) in [7, 11) is 0. The molecular formula is C16H14BrN3O5. The Hall–Kier alpha value is -2.94. The molecule has 130 valence electrons. The van der Waals surface area contributed by atoms with E-state index in [1.54, 1.807) is 18.2 Å². The number of aryl methyl sites for hydroxylation is 1. The first-order chi connectivity index (χ1) is 11.9. The Morgan fingerprint density at radius 1 is 1.28 bits per heavy atom. The van der Waals surface area contributed by atoms with Crippen molar-refractivity contribution < 1.29 is 19.3 Å². The Morgan fingerprint density at radius 3 is 2.56 bits per heavy atom. The van der Waals surface area contributed by atoms with Crippen LogP contribution in [0.4, 0.5) is 5.69 Å². The number of amidine groups is 1. The molecule has 0 bridgehead atoms. The van der Waals surface area contributed by atoms with E-state index in [0.717, 1.165) is 10.0 Å². The van der Waals surface area contributed by atoms with Crippen LogP contribution in [0.3, 0.4) is 0 Å². The molecule has 0 spiro atoms. The molecule has 25 heavy (non-hydrogen) atoms. The highest BCUT2D eigenvalue weighted by molar-refractivity contribution is 9.10. The Kier molecular flexibility index (Phi) is 6.07. The van der Waals surface area contributed by atoms with Crippen LogP contribution in [0.2, 0.25) is 0 Å². The lowest BCUT2D eigenvalue weighted by atomic mass is 10.2. The van der Waals surface area contributed by atoms with Gasteiger partial charge in [-0.1, -0.05) is 21.1 Å². The molecule has 8 nitrogen and oxygen atoms in total. The number of carbonyl (C=O) groups excluding carboxylic acids is 1. The first kappa shape index (κ1) is 18.4. The Bertz CT molecular complexity index is 821. The lowest BCUT2D eigenvalue weighted by molar-refractivity contribution is -0.384. The Balaban J connectivity index is 1.90. The summed E-state index contributed by atoms with van der Waals surface area (Å²) in [6, 6.07) is 10.7. The minimum atomic E-state index is -0.731. The van der Waals surface area contributed by atoms with Gasteiger partial charge in [0.1, 0.15) is 5.75 Å². The Morgan fingerprint density at radius 2 is 1.96 bits per heavy atom. The Labute approximate surface area is 151 Å². The van der Waals surface area contributed by atoms with Crippen molar-refractivity contribution in [2.24, 2.45) is 10.9 Å². The van der Waals surface area contributed by atoms with Crippen LogP contribution in [0.1, 0.15) is 11.1 Å². The van der Waals surface area contributed by atoms with E-state index in [-0.39, 0.29) is 18.1 Å². The standard InChI is InChI=1S/C16H14BrN3O5/c1-10-8-13(6-7-14(10)17)24-9-15(21)25-19-16(18)11-2-4-12(5-3-11)20(22)23/h2-8H,9H2,1H3,(H2,18,19). The fourth-order valence-electron chi connectivity index (χ4n) is 1.78. The number of hydrogen-bond donors (Lipinski definition) is 1. The summed E-state index contributed by atoms with van der Waals surface area (Å²) in [5.41, 5.74) is 6.95. The van der Waals surface area contributed by atoms with Gasteiger partial charge in [0.25, 0.3) is 5.69 Å². The molecule has 2 aromatic rings. The number of nitrogens with zero attached hydrogens (tertiary/aromatic N) is 2. The first-order valence-electron chi connectivity index (χ1n) is 7.04. The molecule has 0 atom stereocenters. The van der Waals surface area contributed by atoms with Gasteiger partial charge in [0.15, 0.2) is 12.4 Å². The van der Waals surface area contributed by atoms with E-state index >= 15 is 0 Å². The zero-order valence-corrected chi connectivity index (χ0v) is 14.7. The minimum absolute atomic E-state index is 0.0771. The van der Waals surface area contributed by atoms with Crippen molar-refractivity contribution in [3.63, 3.8) is 0 Å². The normalized spacial score (nSPS) is 11.0. The average molecular weight is 408 g/mol. The number of nitro benzene ring substituents is 1. The van der Waals surface area contributed by atoms with Crippen LogP contribution in [-0.4, -0.2) is 23.3 Å². The topological polar surface area (TPSA) is 117 Å². The fraction of sp³-hybridized carbons (Fsp3) is 0.125. The molecule has 2 aromatic carbocycles. The molecule has 0 unspecified atom stereocenters. The number of ether oxygens (including phenoxy) is 1. The number of nitro groups is 1. The molecule has 0 heterocycles. The summed E-state index contributed by atoms with van der Waals surface area (Å²) in [5.74, 6) is -0.293. The number of non-ortho nitro benzene ring substituents is 1. The SMILES string of the molecule is Cc1cc(OCC(=O)ON=C(N)c2ccc([N+](=O)[O-])cc2)ccc1Br. The second-order valence-electron chi connectivity index (χ2n) is 4.94. The minimum Gasteiger partial charge on any atom is -0.482 e. The largest absolute Gasteiger partial charge is 0.482 e. The van der Waals surface area contributed by atoms with Crippen LogP contribution in [0, 0.1) is 17.0 Å². The number of nitrogens with two attached hydrogens (primary N) is 1. The van der Waals surface area contributed by atoms with Crippen LogP contribution < -0.4 is 10.5 Å². The van der Waals surface area contributed by atoms with E-state index in [9.17, 15) is 14.9 Å². The number of halogens is 1. The van der Waals surface area contributed by atoms with Crippen LogP contribution in [-0.2, 0) is 9.63 Å². The number of carbonyl (C=O) groups is 1. The summed E-state index contributed by atoms with van der Waals surface area (Å²) in [5, 5.41) is 14.1. The summed E-state index contributed by atoms with van der Waals surface area (Å²) in [6.07, 6.45) is 0. The summed E-state index contributed by atoms with van der Waals surface area (Å²) < 4.78 is 6.24. The van der Waals surface area contributed by atoms with Gasteiger partial charge in [-0.3, -0.25) is 10.1 Å². The average Bonchev–Trinajstić information content (AvgIpc) is 2.60. The third-order valence-electron chi connectivity index (χ3n) is 3.11. The quantitative estimate of drug-likeness (QED) is 0.258. The van der Waals surface area contributed by atoms with Crippen LogP contribution in [0.5, 0.6) is 5.75 Å². The summed E-state index contributed by atoms with van der Waals surface area (Å²) in [4.78, 5) is 26.4. The lowest BCUT2D eigenvalue weighted by Gasteiger charge is -2.06. The predicted molar refractivity (Wildman–Crippen MR) is 94.3 cm³/mol. The van der Waals surface area contributed by atoms with Crippen LogP contribution >= 0.6 is 15.9 Å². The van der Waals surface area contributed by atoms with E-state index in [2.05, 4.69) is 25.9 Å². The van der Waals surface area contributed by atoms with E-state index in [1.165, 1.54) is 24.3 Å². The molecule has 0 aliphatic heterocycles. The third kappa shape index (κ3) is 5.28. The van der Waals surface area contributed by atoms with Crippen molar-refractivity contribution in [3.05, 3.63) is 68.2 Å². The molecule has 0 amide bonds. The number of hydrogen-bond acceptors (Lipinski definition) is 6. The highest BCUT2D eigenvalue weighted by Crippen LogP contribution is 2.21. The molecule has 2 rings (SSSR count). The van der Waals surface area contributed by atoms with Gasteiger partial charge in [0, 0.05) is 22.2 Å². The molecule has 0 saturated carbocycles. The second kappa shape index (κ2) is 8.25. The molecule has 9 heteroatoms. The van der Waals surface area contributed by atoms with Crippen molar-refractivity contribution in [2.45, 2.75) is 6.92 Å². The van der Waals surface area contributed by atoms with Crippen molar-refractivity contribution in [3.8, 4) is 5.75 Å². The molecule has 0 aliphatic carbocycles. The monoisotopic (exact) mass is 407 g/mol. The van der Waals surface area contributed by atoms with Crippen molar-refractivity contribution in [2.75, 3.05) is 6.61 Å². The van der Waals surface area contributed by atoms with Crippen molar-refractivity contribution >= 4 is 33.4 Å². The fourth-order valence-corrected chi connectivity index (χ4v) is 2.03. The zero-order chi connectivity index (χ0) is 18.4. The molecule has 0 fully saturated rings. The lowest BCUT2D eigenvalue weighted by Crippen LogP contribution is -2.18. The number of benzene rings is 2. The predicted octanol–water partition coefficient (Wildman–Crippen LogP) is 2.91. The first-order valence-corrected chi connectivity index (χ1v) is 7.83. The van der Waals surface area contributed by atoms with E-state index in [0.29, 0.717) is 11.3 Å². The maximum absolute atomic E-state index is 11.6. The maximum Gasteiger partial charge on any atom is 0.372 e. The number of rotatable bonds is 6. The van der Waals surface area contributed by atoms with Crippen molar-refractivity contribution in [1.29, 1.82) is 0 Å². The summed E-state index contributed by atoms with van der Waals surface area (Å²) >= 11 is 3.37. The van der Waals surface area contributed by atoms with Crippen LogP contribution in [0.25, 0.3) is 0 Å². The van der Waals surface area contributed by atoms with Gasteiger partial charge in [-0.05, 0) is 42.8 Å². The van der Waals surface area contributed by atoms with Gasteiger partial charge in [-0.2, -0.15) is 0 Å². The maximum atomic E-state index is 11.6. The van der Waals surface area contributed by atoms with E-state index in [1.807, 2.05) is 6.92 Å². The highest BCUT2D eigenvalue weighted by atomic mass is 79.9. The van der Waals surface area contributed by atoms with Gasteiger partial charge in [-0.25, -0.2) is 4.79 Å². The zero-order valence-electron chi connectivity index (χ0n) is 13.1. The smallest absolute Gasteiger partial charge is 0.372 e. The third-order valence-corrected chi connectivity index (χ3v) is 4.00. The van der Waals surface area contributed by atoms with Gasteiger partial charge >= 0.3 is 5.97 Å². The summed E-state index contributed by atoms with van der Waals surface area (Å²) in [6.45, 7) is 1.56. The molecule has 0 saturated heterocycles. The second-order valence-corrected chi connectivity index (χ2v) is 5.80. The molecule has 0 radical (unpaired) electrons. The van der Waals surface area contributed by atoms with Gasteiger partial charge in [-0.15, -0.1) is 0 Å². The highest BCUT2D eigenvalue weighted by Gasteiger charge is 2.09. The molecule has 0 aromatic heterocycles. The van der Waals surface area contributed by atoms with Crippen LogP contribution in [0.15, 0.2) is 52.1 Å². The van der Waals surface area contributed by atoms with E-state index in [4.69, 9.17) is 10.5 Å². The molecular weight excluding hydrogens is 394 g/mol. The molecule has 2 N–H and O–H groups in total. The van der Waals surface area contributed by atoms with E-state index < -0.39 is 10.9 Å². The van der Waals surface area contributed by atoms with Gasteiger partial charge in [0.2, 0.25) is 0 Å².